The molecule has 2 aromatic rings. The minimum atomic E-state index is -4.80. The molecule has 13 heteroatoms. The molecule has 3 fully saturated rings. The third kappa shape index (κ3) is 5.31. The highest BCUT2D eigenvalue weighted by Gasteiger charge is 2.44. The van der Waals surface area contributed by atoms with Gasteiger partial charge < -0.3 is 19.4 Å². The average molecular weight is 532 g/mol. The van der Waals surface area contributed by atoms with Gasteiger partial charge in [-0.1, -0.05) is 0 Å². The van der Waals surface area contributed by atoms with Crippen molar-refractivity contribution in [1.82, 2.24) is 20.1 Å². The number of aromatic nitrogens is 3. The number of nitrogens with one attached hydrogen (secondary N) is 1. The number of nitriles is 1. The molecular formula is C25H28F3N7O3. The Morgan fingerprint density at radius 1 is 1.13 bits per heavy atom. The van der Waals surface area contributed by atoms with E-state index < -0.39 is 17.3 Å². The van der Waals surface area contributed by atoms with Crippen LogP contribution in [-0.2, 0) is 15.7 Å². The van der Waals surface area contributed by atoms with E-state index in [1.54, 1.807) is 21.9 Å². The number of halogens is 3. The highest BCUT2D eigenvalue weighted by Crippen LogP contribution is 2.39. The first-order chi connectivity index (χ1) is 18.2. The SMILES string of the molecule is N#Cc1ccc(N2CCN(C(=O)CC3CCC([C@@H]4CCCN4c4cn[nH]c(=O)c4C(F)(F)F)O3)CC2)nc1. The Labute approximate surface area is 217 Å². The summed E-state index contributed by atoms with van der Waals surface area (Å²) in [6.45, 7) is 2.72. The van der Waals surface area contributed by atoms with E-state index in [0.29, 0.717) is 64.0 Å². The standard InChI is InChI=1S/C25H28F3N7O3/c26-25(27,28)23-19(15-31-32-24(23)37)35-7-1-2-18(35)20-5-4-17(38-20)12-22(36)34-10-8-33(9-11-34)21-6-3-16(13-29)14-30-21/h3,6,14-15,17-18,20H,1-2,4-5,7-12H2,(H,32,37)/t17?,18-,20?/m0/s1. The Morgan fingerprint density at radius 2 is 1.92 bits per heavy atom. The molecule has 1 amide bonds. The molecule has 38 heavy (non-hydrogen) atoms. The molecule has 0 aromatic carbocycles. The summed E-state index contributed by atoms with van der Waals surface area (Å²) in [6.07, 6.45) is -0.0119. The number of rotatable bonds is 5. The number of ether oxygens (including phenoxy) is 1. The normalized spacial score (nSPS) is 24.1. The van der Waals surface area contributed by atoms with Crippen molar-refractivity contribution in [2.75, 3.05) is 42.5 Å². The van der Waals surface area contributed by atoms with Gasteiger partial charge in [0.15, 0.2) is 0 Å². The van der Waals surface area contributed by atoms with Crippen molar-refractivity contribution in [3.05, 3.63) is 46.0 Å². The van der Waals surface area contributed by atoms with Crippen LogP contribution in [-0.4, -0.2) is 77.0 Å². The summed E-state index contributed by atoms with van der Waals surface area (Å²) in [5, 5.41) is 14.4. The lowest BCUT2D eigenvalue weighted by Gasteiger charge is -2.36. The molecular weight excluding hydrogens is 503 g/mol. The van der Waals surface area contributed by atoms with Crippen LogP contribution in [0.1, 0.15) is 43.2 Å². The molecule has 0 saturated carbocycles. The lowest BCUT2D eigenvalue weighted by atomic mass is 10.0. The fourth-order valence-electron chi connectivity index (χ4n) is 5.67. The molecule has 3 atom stereocenters. The van der Waals surface area contributed by atoms with Gasteiger partial charge in [-0.3, -0.25) is 9.59 Å². The summed E-state index contributed by atoms with van der Waals surface area (Å²) in [6, 6.07) is 5.25. The number of nitrogens with zero attached hydrogens (tertiary/aromatic N) is 6. The van der Waals surface area contributed by atoms with Gasteiger partial charge in [0.1, 0.15) is 17.5 Å². The molecule has 1 N–H and O–H groups in total. The number of anilines is 2. The van der Waals surface area contributed by atoms with Crippen LogP contribution in [0.3, 0.4) is 0 Å². The molecule has 3 aliphatic rings. The lowest BCUT2D eigenvalue weighted by Crippen LogP contribution is -2.49. The van der Waals surface area contributed by atoms with E-state index in [2.05, 4.69) is 15.0 Å². The van der Waals surface area contributed by atoms with Crippen molar-refractivity contribution < 1.29 is 22.7 Å². The molecule has 0 spiro atoms. The van der Waals surface area contributed by atoms with Gasteiger partial charge in [-0.15, -0.1) is 0 Å². The number of alkyl halides is 3. The Morgan fingerprint density at radius 3 is 2.61 bits per heavy atom. The summed E-state index contributed by atoms with van der Waals surface area (Å²) in [5.74, 6) is 0.757. The van der Waals surface area contributed by atoms with Crippen molar-refractivity contribution in [3.63, 3.8) is 0 Å². The van der Waals surface area contributed by atoms with Crippen LogP contribution in [0.15, 0.2) is 29.3 Å². The molecule has 5 rings (SSSR count). The first kappa shape index (κ1) is 26.0. The number of piperazine rings is 1. The van der Waals surface area contributed by atoms with Gasteiger partial charge in [-0.2, -0.15) is 23.5 Å². The van der Waals surface area contributed by atoms with E-state index in [0.717, 1.165) is 12.0 Å². The zero-order valence-electron chi connectivity index (χ0n) is 20.7. The zero-order chi connectivity index (χ0) is 26.9. The number of H-pyrrole nitrogens is 1. The smallest absolute Gasteiger partial charge is 0.372 e. The second-order valence-corrected chi connectivity index (χ2v) is 9.82. The van der Waals surface area contributed by atoms with Crippen molar-refractivity contribution in [1.29, 1.82) is 5.26 Å². The van der Waals surface area contributed by atoms with Gasteiger partial charge in [0, 0.05) is 38.9 Å². The second-order valence-electron chi connectivity index (χ2n) is 9.82. The van der Waals surface area contributed by atoms with Gasteiger partial charge >= 0.3 is 6.18 Å². The van der Waals surface area contributed by atoms with E-state index in [9.17, 15) is 22.8 Å². The van der Waals surface area contributed by atoms with Crippen LogP contribution in [0.5, 0.6) is 0 Å². The third-order valence-corrected chi connectivity index (χ3v) is 7.53. The quantitative estimate of drug-likeness (QED) is 0.625. The molecule has 10 nitrogen and oxygen atoms in total. The highest BCUT2D eigenvalue weighted by molar-refractivity contribution is 5.77. The average Bonchev–Trinajstić information content (AvgIpc) is 3.57. The summed E-state index contributed by atoms with van der Waals surface area (Å²) >= 11 is 0. The van der Waals surface area contributed by atoms with Crippen molar-refractivity contribution in [3.8, 4) is 6.07 Å². The topological polar surface area (TPSA) is 118 Å². The van der Waals surface area contributed by atoms with Crippen LogP contribution in [0.2, 0.25) is 0 Å². The van der Waals surface area contributed by atoms with Crippen molar-refractivity contribution >= 4 is 17.4 Å². The Kier molecular flexibility index (Phi) is 7.25. The van der Waals surface area contributed by atoms with Crippen LogP contribution in [0.25, 0.3) is 0 Å². The second kappa shape index (κ2) is 10.6. The van der Waals surface area contributed by atoms with E-state index >= 15 is 0 Å². The minimum absolute atomic E-state index is 0.00971. The molecule has 0 aliphatic carbocycles. The van der Waals surface area contributed by atoms with E-state index in [1.807, 2.05) is 11.2 Å². The van der Waals surface area contributed by atoms with Crippen LogP contribution >= 0.6 is 0 Å². The number of carbonyl (C=O) groups excluding carboxylic acids is 1. The number of amides is 1. The molecule has 2 aromatic heterocycles. The molecule has 2 unspecified atom stereocenters. The van der Waals surface area contributed by atoms with Gasteiger partial charge in [-0.05, 0) is 37.8 Å². The summed E-state index contributed by atoms with van der Waals surface area (Å²) < 4.78 is 47.1. The molecule has 202 valence electrons. The molecule has 3 saturated heterocycles. The molecule has 5 heterocycles. The van der Waals surface area contributed by atoms with Crippen LogP contribution in [0.4, 0.5) is 24.7 Å². The fourth-order valence-corrected chi connectivity index (χ4v) is 5.67. The highest BCUT2D eigenvalue weighted by atomic mass is 19.4. The largest absolute Gasteiger partial charge is 0.423 e. The summed E-state index contributed by atoms with van der Waals surface area (Å²) in [7, 11) is 0. The first-order valence-electron chi connectivity index (χ1n) is 12.7. The van der Waals surface area contributed by atoms with E-state index in [-0.39, 0.29) is 36.3 Å². The molecule has 0 bridgehead atoms. The number of hydrogen-bond donors (Lipinski definition) is 1. The number of hydrogen-bond acceptors (Lipinski definition) is 8. The van der Waals surface area contributed by atoms with E-state index in [1.165, 1.54) is 6.20 Å². The lowest BCUT2D eigenvalue weighted by molar-refractivity contribution is -0.138. The Hall–Kier alpha value is -3.66. The van der Waals surface area contributed by atoms with Crippen molar-refractivity contribution in [2.45, 2.75) is 56.5 Å². The minimum Gasteiger partial charge on any atom is -0.372 e. The van der Waals surface area contributed by atoms with E-state index in [4.69, 9.17) is 10.00 Å². The maximum atomic E-state index is 13.6. The third-order valence-electron chi connectivity index (χ3n) is 7.53. The predicted molar refractivity (Wildman–Crippen MR) is 130 cm³/mol. The maximum absolute atomic E-state index is 13.6. The maximum Gasteiger partial charge on any atom is 0.423 e. The Balaban J connectivity index is 1.16. The van der Waals surface area contributed by atoms with Crippen LogP contribution in [0, 0.1) is 11.3 Å². The monoisotopic (exact) mass is 531 g/mol. The van der Waals surface area contributed by atoms with Gasteiger partial charge in [0.05, 0.1) is 42.1 Å². The summed E-state index contributed by atoms with van der Waals surface area (Å²) in [4.78, 5) is 34.7. The number of aromatic amines is 1. The van der Waals surface area contributed by atoms with Gasteiger partial charge in [-0.25, -0.2) is 10.1 Å². The zero-order valence-corrected chi connectivity index (χ0v) is 20.7. The van der Waals surface area contributed by atoms with Crippen LogP contribution < -0.4 is 15.4 Å². The fraction of sp³-hybridized carbons (Fsp3) is 0.560. The van der Waals surface area contributed by atoms with Crippen molar-refractivity contribution in [2.24, 2.45) is 0 Å². The van der Waals surface area contributed by atoms with Gasteiger partial charge in [0.2, 0.25) is 5.91 Å². The number of pyridine rings is 1. The predicted octanol–water partition coefficient (Wildman–Crippen LogP) is 2.31. The number of carbonyl (C=O) groups is 1. The summed E-state index contributed by atoms with van der Waals surface area (Å²) in [5.41, 5.74) is -2.22. The van der Waals surface area contributed by atoms with Gasteiger partial charge in [0.25, 0.3) is 5.56 Å². The first-order valence-corrected chi connectivity index (χ1v) is 12.7. The molecule has 3 aliphatic heterocycles. The molecule has 0 radical (unpaired) electrons. The Bertz CT molecular complexity index is 1250.